The molecular formula is C20H26N4O2S. The van der Waals surface area contributed by atoms with E-state index in [4.69, 9.17) is 4.74 Å². The number of aromatic hydroxyl groups is 1. The molecule has 1 aliphatic rings. The molecule has 4 rings (SSSR count). The molecule has 0 amide bonds. The fourth-order valence-corrected chi connectivity index (χ4v) is 5.05. The Balaban J connectivity index is 1.81. The van der Waals surface area contributed by atoms with E-state index in [9.17, 15) is 5.11 Å². The number of hydrogen-bond donors (Lipinski definition) is 1. The van der Waals surface area contributed by atoms with Crippen LogP contribution in [0.1, 0.15) is 49.0 Å². The molecule has 6 nitrogen and oxygen atoms in total. The van der Waals surface area contributed by atoms with Gasteiger partial charge in [0.05, 0.1) is 18.0 Å². The van der Waals surface area contributed by atoms with Gasteiger partial charge in [-0.3, -0.25) is 4.90 Å². The molecule has 3 heterocycles. The molecular weight excluding hydrogens is 360 g/mol. The number of methoxy groups -OCH3 is 1. The summed E-state index contributed by atoms with van der Waals surface area (Å²) in [5.74, 6) is 2.43. The van der Waals surface area contributed by atoms with Crippen molar-refractivity contribution < 1.29 is 9.84 Å². The van der Waals surface area contributed by atoms with Crippen molar-refractivity contribution in [3.05, 3.63) is 40.5 Å². The van der Waals surface area contributed by atoms with Crippen molar-refractivity contribution >= 4 is 16.3 Å². The highest BCUT2D eigenvalue weighted by Gasteiger charge is 2.32. The number of aryl methyl sites for hydroxylation is 1. The first-order valence-corrected chi connectivity index (χ1v) is 10.4. The van der Waals surface area contributed by atoms with Crippen LogP contribution in [0.3, 0.4) is 0 Å². The van der Waals surface area contributed by atoms with Crippen LogP contribution in [0, 0.1) is 5.92 Å². The van der Waals surface area contributed by atoms with Gasteiger partial charge in [0.2, 0.25) is 10.8 Å². The molecule has 27 heavy (non-hydrogen) atoms. The maximum absolute atomic E-state index is 11.0. The van der Waals surface area contributed by atoms with Crippen LogP contribution in [-0.4, -0.2) is 44.8 Å². The van der Waals surface area contributed by atoms with E-state index in [1.54, 1.807) is 11.6 Å². The van der Waals surface area contributed by atoms with E-state index in [0.717, 1.165) is 46.5 Å². The van der Waals surface area contributed by atoms with Gasteiger partial charge < -0.3 is 9.84 Å². The maximum atomic E-state index is 11.0. The van der Waals surface area contributed by atoms with Crippen molar-refractivity contribution in [1.82, 2.24) is 19.5 Å². The maximum Gasteiger partial charge on any atom is 0.230 e. The number of benzene rings is 1. The quantitative estimate of drug-likeness (QED) is 0.721. The van der Waals surface area contributed by atoms with Crippen molar-refractivity contribution in [2.75, 3.05) is 20.2 Å². The molecule has 3 aromatic rings. The monoisotopic (exact) mass is 386 g/mol. The standard InChI is InChI=1S/C20H26N4O2S/c1-4-16-21-20-24(22-16)19(25)18(27-20)17(23-10-6-7-13(2)12-23)14-8-5-9-15(11-14)26-3/h5,8-9,11,13,17,25H,4,6-7,10,12H2,1-3H3/t13-,17+/m0/s1. The Morgan fingerprint density at radius 1 is 1.41 bits per heavy atom. The molecule has 0 aliphatic carbocycles. The first-order chi connectivity index (χ1) is 13.1. The van der Waals surface area contributed by atoms with Gasteiger partial charge in [-0.1, -0.05) is 37.3 Å². The lowest BCUT2D eigenvalue weighted by atomic mass is 9.95. The summed E-state index contributed by atoms with van der Waals surface area (Å²) in [5, 5.41) is 15.4. The average Bonchev–Trinajstić information content (AvgIpc) is 3.22. The second-order valence-corrected chi connectivity index (χ2v) is 8.30. The van der Waals surface area contributed by atoms with Crippen LogP contribution < -0.4 is 4.74 Å². The molecule has 1 N–H and O–H groups in total. The summed E-state index contributed by atoms with van der Waals surface area (Å²) >= 11 is 1.53. The number of likely N-dealkylation sites (tertiary alicyclic amines) is 1. The molecule has 1 fully saturated rings. The number of piperidine rings is 1. The van der Waals surface area contributed by atoms with E-state index in [0.29, 0.717) is 5.92 Å². The van der Waals surface area contributed by atoms with Gasteiger partial charge in [-0.15, -0.1) is 5.10 Å². The molecule has 7 heteroatoms. The second-order valence-electron chi connectivity index (χ2n) is 7.29. The van der Waals surface area contributed by atoms with Crippen LogP contribution >= 0.6 is 11.3 Å². The molecule has 2 aromatic heterocycles. The number of thiazole rings is 1. The summed E-state index contributed by atoms with van der Waals surface area (Å²) in [7, 11) is 1.68. The lowest BCUT2D eigenvalue weighted by Gasteiger charge is -2.37. The van der Waals surface area contributed by atoms with Gasteiger partial charge in [0, 0.05) is 13.0 Å². The van der Waals surface area contributed by atoms with Gasteiger partial charge >= 0.3 is 0 Å². The van der Waals surface area contributed by atoms with Gasteiger partial charge in [-0.2, -0.15) is 4.52 Å². The van der Waals surface area contributed by atoms with E-state index in [-0.39, 0.29) is 11.9 Å². The normalized spacial score (nSPS) is 19.4. The summed E-state index contributed by atoms with van der Waals surface area (Å²) in [5.41, 5.74) is 1.12. The van der Waals surface area contributed by atoms with E-state index in [1.165, 1.54) is 24.2 Å². The minimum Gasteiger partial charge on any atom is -0.497 e. The molecule has 0 bridgehead atoms. The van der Waals surface area contributed by atoms with Gasteiger partial charge in [0.1, 0.15) is 5.75 Å². The third-order valence-electron chi connectivity index (χ3n) is 5.27. The zero-order valence-electron chi connectivity index (χ0n) is 16.1. The topological polar surface area (TPSA) is 62.9 Å². The Morgan fingerprint density at radius 3 is 2.96 bits per heavy atom. The number of rotatable bonds is 5. The lowest BCUT2D eigenvalue weighted by molar-refractivity contribution is 0.149. The summed E-state index contributed by atoms with van der Waals surface area (Å²) in [6.45, 7) is 6.34. The molecule has 1 aliphatic heterocycles. The van der Waals surface area contributed by atoms with Crippen LogP contribution in [0.2, 0.25) is 0 Å². The van der Waals surface area contributed by atoms with Crippen LogP contribution in [0.5, 0.6) is 11.6 Å². The zero-order valence-corrected chi connectivity index (χ0v) is 16.9. The van der Waals surface area contributed by atoms with Crippen LogP contribution in [0.15, 0.2) is 24.3 Å². The van der Waals surface area contributed by atoms with Gasteiger partial charge in [-0.05, 0) is 43.0 Å². The molecule has 1 saturated heterocycles. The van der Waals surface area contributed by atoms with Crippen molar-refractivity contribution in [1.29, 1.82) is 0 Å². The molecule has 144 valence electrons. The Bertz CT molecular complexity index is 935. The Labute approximate surface area is 163 Å². The first kappa shape index (κ1) is 18.3. The Morgan fingerprint density at radius 2 is 2.26 bits per heavy atom. The number of hydrogen-bond acceptors (Lipinski definition) is 6. The molecule has 0 saturated carbocycles. The fraction of sp³-hybridized carbons (Fsp3) is 0.500. The van der Waals surface area contributed by atoms with Crippen LogP contribution in [0.4, 0.5) is 0 Å². The van der Waals surface area contributed by atoms with Crippen LogP contribution in [-0.2, 0) is 6.42 Å². The molecule has 2 atom stereocenters. The van der Waals surface area contributed by atoms with Gasteiger partial charge in [0.15, 0.2) is 5.82 Å². The van der Waals surface area contributed by atoms with Crippen LogP contribution in [0.25, 0.3) is 4.96 Å². The largest absolute Gasteiger partial charge is 0.497 e. The molecule has 0 radical (unpaired) electrons. The van der Waals surface area contributed by atoms with E-state index < -0.39 is 0 Å². The average molecular weight is 387 g/mol. The third kappa shape index (κ3) is 3.41. The summed E-state index contributed by atoms with van der Waals surface area (Å²) in [4.78, 5) is 8.66. The Kier molecular flexibility index (Phi) is 5.06. The number of nitrogens with zero attached hydrogens (tertiary/aromatic N) is 4. The minimum absolute atomic E-state index is 0.0265. The Hall–Kier alpha value is -2.12. The predicted molar refractivity (Wildman–Crippen MR) is 107 cm³/mol. The fourth-order valence-electron chi connectivity index (χ4n) is 3.92. The highest BCUT2D eigenvalue weighted by atomic mass is 32.1. The SMILES string of the molecule is CCc1nc2sc([C@@H](c3cccc(OC)c3)N3CCC[C@H](C)C3)c(O)n2n1. The second kappa shape index (κ2) is 7.48. The van der Waals surface area contributed by atoms with E-state index >= 15 is 0 Å². The van der Waals surface area contributed by atoms with E-state index in [2.05, 4.69) is 34.0 Å². The zero-order chi connectivity index (χ0) is 19.0. The van der Waals surface area contributed by atoms with E-state index in [1.807, 2.05) is 19.1 Å². The molecule has 0 unspecified atom stereocenters. The van der Waals surface area contributed by atoms with Crippen molar-refractivity contribution in [3.8, 4) is 11.6 Å². The van der Waals surface area contributed by atoms with Gasteiger partial charge in [0.25, 0.3) is 0 Å². The van der Waals surface area contributed by atoms with Crippen molar-refractivity contribution in [2.24, 2.45) is 5.92 Å². The third-order valence-corrected chi connectivity index (χ3v) is 6.34. The summed E-state index contributed by atoms with van der Waals surface area (Å²) in [6, 6.07) is 8.12. The summed E-state index contributed by atoms with van der Waals surface area (Å²) in [6.07, 6.45) is 3.18. The lowest BCUT2D eigenvalue weighted by Crippen LogP contribution is -2.37. The number of aromatic nitrogens is 3. The molecule has 0 spiro atoms. The number of ether oxygens (including phenoxy) is 1. The smallest absolute Gasteiger partial charge is 0.230 e. The van der Waals surface area contributed by atoms with Crippen molar-refractivity contribution in [2.45, 2.75) is 39.2 Å². The highest BCUT2D eigenvalue weighted by molar-refractivity contribution is 7.17. The summed E-state index contributed by atoms with van der Waals surface area (Å²) < 4.78 is 7.03. The minimum atomic E-state index is -0.0265. The predicted octanol–water partition coefficient (Wildman–Crippen LogP) is 3.89. The molecule has 1 aromatic carbocycles. The highest BCUT2D eigenvalue weighted by Crippen LogP contribution is 2.42. The first-order valence-electron chi connectivity index (χ1n) is 9.56. The van der Waals surface area contributed by atoms with Gasteiger partial charge in [-0.25, -0.2) is 4.98 Å². The van der Waals surface area contributed by atoms with Crippen molar-refractivity contribution in [3.63, 3.8) is 0 Å². The number of fused-ring (bicyclic) bond motifs is 1.